The molecule has 0 amide bonds. The van der Waals surface area contributed by atoms with E-state index >= 15 is 0 Å². The number of hydrogen-bond acceptors (Lipinski definition) is 3. The molecule has 0 aliphatic heterocycles. The van der Waals surface area contributed by atoms with Gasteiger partial charge in [-0.05, 0) is 24.6 Å². The van der Waals surface area contributed by atoms with Gasteiger partial charge in [-0.15, -0.1) is 0 Å². The van der Waals surface area contributed by atoms with Crippen molar-refractivity contribution in [3.63, 3.8) is 0 Å². The molecule has 3 nitrogen and oxygen atoms in total. The predicted octanol–water partition coefficient (Wildman–Crippen LogP) is 3.70. The maximum Gasteiger partial charge on any atom is 0.213 e. The SMILES string of the molecule is COc1cccc(CN[C@H](C)c2ccccc2Br)n1. The van der Waals surface area contributed by atoms with Gasteiger partial charge in [-0.1, -0.05) is 40.2 Å². The van der Waals surface area contributed by atoms with Gasteiger partial charge in [0, 0.05) is 23.1 Å². The number of nitrogens with zero attached hydrogens (tertiary/aromatic N) is 1. The summed E-state index contributed by atoms with van der Waals surface area (Å²) in [5, 5.41) is 3.46. The molecular weight excluding hydrogens is 304 g/mol. The second kappa shape index (κ2) is 6.68. The van der Waals surface area contributed by atoms with Crippen LogP contribution in [0.15, 0.2) is 46.9 Å². The van der Waals surface area contributed by atoms with Gasteiger partial charge in [-0.25, -0.2) is 4.98 Å². The number of nitrogens with one attached hydrogen (secondary N) is 1. The Morgan fingerprint density at radius 3 is 2.74 bits per heavy atom. The van der Waals surface area contributed by atoms with E-state index in [-0.39, 0.29) is 6.04 Å². The van der Waals surface area contributed by atoms with Crippen molar-refractivity contribution in [2.45, 2.75) is 19.5 Å². The third kappa shape index (κ3) is 3.78. The summed E-state index contributed by atoms with van der Waals surface area (Å²) in [5.74, 6) is 0.646. The molecule has 0 aliphatic carbocycles. The van der Waals surface area contributed by atoms with Crippen LogP contribution in [0.5, 0.6) is 5.88 Å². The van der Waals surface area contributed by atoms with Crippen molar-refractivity contribution in [2.75, 3.05) is 7.11 Å². The van der Waals surface area contributed by atoms with E-state index in [2.05, 4.69) is 45.3 Å². The Kier molecular flexibility index (Phi) is 4.93. The van der Waals surface area contributed by atoms with Gasteiger partial charge in [-0.3, -0.25) is 0 Å². The zero-order valence-electron chi connectivity index (χ0n) is 11.1. The molecule has 1 atom stereocenters. The second-order valence-corrected chi connectivity index (χ2v) is 5.15. The maximum atomic E-state index is 5.12. The highest BCUT2D eigenvalue weighted by Gasteiger charge is 2.08. The van der Waals surface area contributed by atoms with Crippen molar-refractivity contribution in [1.82, 2.24) is 10.3 Å². The smallest absolute Gasteiger partial charge is 0.213 e. The van der Waals surface area contributed by atoms with Crippen molar-refractivity contribution >= 4 is 15.9 Å². The molecule has 19 heavy (non-hydrogen) atoms. The van der Waals surface area contributed by atoms with Gasteiger partial charge in [0.2, 0.25) is 5.88 Å². The first-order valence-corrected chi connectivity index (χ1v) is 6.97. The molecule has 2 aromatic rings. The number of hydrogen-bond donors (Lipinski definition) is 1. The van der Waals surface area contributed by atoms with E-state index in [4.69, 9.17) is 4.74 Å². The largest absolute Gasteiger partial charge is 0.481 e. The Morgan fingerprint density at radius 1 is 1.21 bits per heavy atom. The van der Waals surface area contributed by atoms with Crippen LogP contribution in [0.4, 0.5) is 0 Å². The molecule has 0 saturated heterocycles. The fourth-order valence-corrected chi connectivity index (χ4v) is 2.49. The number of methoxy groups -OCH3 is 1. The quantitative estimate of drug-likeness (QED) is 0.912. The summed E-state index contributed by atoms with van der Waals surface area (Å²) >= 11 is 3.57. The first-order valence-electron chi connectivity index (χ1n) is 6.18. The zero-order valence-corrected chi connectivity index (χ0v) is 12.6. The van der Waals surface area contributed by atoms with Gasteiger partial charge in [0.15, 0.2) is 0 Å². The summed E-state index contributed by atoms with van der Waals surface area (Å²) in [7, 11) is 1.63. The van der Waals surface area contributed by atoms with Crippen molar-refractivity contribution in [3.05, 3.63) is 58.2 Å². The van der Waals surface area contributed by atoms with Crippen LogP contribution in [0.25, 0.3) is 0 Å². The molecule has 100 valence electrons. The molecule has 0 bridgehead atoms. The lowest BCUT2D eigenvalue weighted by Gasteiger charge is -2.15. The topological polar surface area (TPSA) is 34.1 Å². The van der Waals surface area contributed by atoms with E-state index in [1.807, 2.05) is 30.3 Å². The van der Waals surface area contributed by atoms with Crippen LogP contribution < -0.4 is 10.1 Å². The van der Waals surface area contributed by atoms with Crippen LogP contribution in [-0.4, -0.2) is 12.1 Å². The van der Waals surface area contributed by atoms with E-state index in [0.29, 0.717) is 12.4 Å². The Bertz CT molecular complexity index is 545. The molecular formula is C15H17BrN2O. The zero-order chi connectivity index (χ0) is 13.7. The van der Waals surface area contributed by atoms with Crippen molar-refractivity contribution < 1.29 is 4.74 Å². The average Bonchev–Trinajstić information content (AvgIpc) is 2.45. The van der Waals surface area contributed by atoms with Crippen molar-refractivity contribution in [1.29, 1.82) is 0 Å². The molecule has 0 aliphatic rings. The number of rotatable bonds is 5. The fraction of sp³-hybridized carbons (Fsp3) is 0.267. The Hall–Kier alpha value is -1.39. The van der Waals surface area contributed by atoms with Gasteiger partial charge >= 0.3 is 0 Å². The lowest BCUT2D eigenvalue weighted by atomic mass is 10.1. The van der Waals surface area contributed by atoms with Crippen LogP contribution in [-0.2, 0) is 6.54 Å². The van der Waals surface area contributed by atoms with Crippen LogP contribution in [0.3, 0.4) is 0 Å². The predicted molar refractivity (Wildman–Crippen MR) is 80.2 cm³/mol. The van der Waals surface area contributed by atoms with Gasteiger partial charge in [0.25, 0.3) is 0 Å². The molecule has 0 saturated carbocycles. The third-order valence-electron chi connectivity index (χ3n) is 2.95. The van der Waals surface area contributed by atoms with Crippen LogP contribution in [0.1, 0.15) is 24.2 Å². The van der Waals surface area contributed by atoms with Crippen LogP contribution in [0.2, 0.25) is 0 Å². The van der Waals surface area contributed by atoms with E-state index < -0.39 is 0 Å². The molecule has 1 N–H and O–H groups in total. The molecule has 4 heteroatoms. The third-order valence-corrected chi connectivity index (χ3v) is 3.67. The van der Waals surface area contributed by atoms with E-state index in [9.17, 15) is 0 Å². The number of halogens is 1. The van der Waals surface area contributed by atoms with E-state index in [1.54, 1.807) is 7.11 Å². The Labute approximate surface area is 122 Å². The highest BCUT2D eigenvalue weighted by atomic mass is 79.9. The Balaban J connectivity index is 2.00. The monoisotopic (exact) mass is 320 g/mol. The summed E-state index contributed by atoms with van der Waals surface area (Å²) < 4.78 is 6.24. The number of pyridine rings is 1. The first-order chi connectivity index (χ1) is 9.20. The number of benzene rings is 1. The lowest BCUT2D eigenvalue weighted by molar-refractivity contribution is 0.395. The fourth-order valence-electron chi connectivity index (χ4n) is 1.86. The van der Waals surface area contributed by atoms with Gasteiger partial charge in [-0.2, -0.15) is 0 Å². The summed E-state index contributed by atoms with van der Waals surface area (Å²) in [5.41, 5.74) is 2.21. The molecule has 1 heterocycles. The normalized spacial score (nSPS) is 12.2. The van der Waals surface area contributed by atoms with Crippen molar-refractivity contribution in [2.24, 2.45) is 0 Å². The summed E-state index contributed by atoms with van der Waals surface area (Å²) in [4.78, 5) is 4.38. The van der Waals surface area contributed by atoms with E-state index in [0.717, 1.165) is 10.2 Å². The minimum atomic E-state index is 0.253. The minimum absolute atomic E-state index is 0.253. The molecule has 0 unspecified atom stereocenters. The molecule has 2 rings (SSSR count). The number of ether oxygens (including phenoxy) is 1. The van der Waals surface area contributed by atoms with Crippen molar-refractivity contribution in [3.8, 4) is 5.88 Å². The molecule has 0 fully saturated rings. The lowest BCUT2D eigenvalue weighted by Crippen LogP contribution is -2.19. The molecule has 0 spiro atoms. The van der Waals surface area contributed by atoms with Gasteiger partial charge in [0.1, 0.15) is 0 Å². The van der Waals surface area contributed by atoms with Gasteiger partial charge in [0.05, 0.1) is 12.8 Å². The Morgan fingerprint density at radius 2 is 2.00 bits per heavy atom. The van der Waals surface area contributed by atoms with Crippen LogP contribution >= 0.6 is 15.9 Å². The second-order valence-electron chi connectivity index (χ2n) is 4.30. The molecule has 0 radical (unpaired) electrons. The molecule has 1 aromatic heterocycles. The summed E-state index contributed by atoms with van der Waals surface area (Å²) in [6.07, 6.45) is 0. The van der Waals surface area contributed by atoms with Crippen LogP contribution in [0, 0.1) is 0 Å². The maximum absolute atomic E-state index is 5.12. The van der Waals surface area contributed by atoms with E-state index in [1.165, 1.54) is 5.56 Å². The summed E-state index contributed by atoms with van der Waals surface area (Å²) in [6.45, 7) is 2.85. The van der Waals surface area contributed by atoms with Gasteiger partial charge < -0.3 is 10.1 Å². The standard InChI is InChI=1S/C15H17BrN2O/c1-11(13-7-3-4-8-14(13)16)17-10-12-6-5-9-15(18-12)19-2/h3-9,11,17H,10H2,1-2H3/t11-/m1/s1. The highest BCUT2D eigenvalue weighted by molar-refractivity contribution is 9.10. The number of aromatic nitrogens is 1. The summed E-state index contributed by atoms with van der Waals surface area (Å²) in [6, 6.07) is 14.3. The molecule has 1 aromatic carbocycles. The average molecular weight is 321 g/mol. The minimum Gasteiger partial charge on any atom is -0.481 e. The highest BCUT2D eigenvalue weighted by Crippen LogP contribution is 2.22. The first kappa shape index (κ1) is 14.0.